The zero-order valence-electron chi connectivity index (χ0n) is 12.3. The quantitative estimate of drug-likeness (QED) is 0.800. The molecule has 116 valence electrons. The fourth-order valence-electron chi connectivity index (χ4n) is 1.89. The van der Waals surface area contributed by atoms with E-state index in [0.717, 1.165) is 5.75 Å². The van der Waals surface area contributed by atoms with E-state index in [-0.39, 0.29) is 5.91 Å². The van der Waals surface area contributed by atoms with Gasteiger partial charge in [0.2, 0.25) is 0 Å². The van der Waals surface area contributed by atoms with E-state index >= 15 is 0 Å². The van der Waals surface area contributed by atoms with Crippen molar-refractivity contribution in [2.45, 2.75) is 6.92 Å². The molecule has 0 aliphatic rings. The molecule has 2 aromatic carbocycles. The summed E-state index contributed by atoms with van der Waals surface area (Å²) in [5, 5.41) is 2.67. The number of amides is 1. The number of nitrogens with one attached hydrogen (secondary N) is 1. The van der Waals surface area contributed by atoms with Crippen molar-refractivity contribution in [1.82, 2.24) is 5.32 Å². The summed E-state index contributed by atoms with van der Waals surface area (Å²) in [7, 11) is 0. The summed E-state index contributed by atoms with van der Waals surface area (Å²) in [5.74, 6) is 0.651. The minimum Gasteiger partial charge on any atom is -0.494 e. The van der Waals surface area contributed by atoms with E-state index in [1.54, 1.807) is 12.1 Å². The van der Waals surface area contributed by atoms with Crippen molar-refractivity contribution in [2.75, 3.05) is 19.8 Å². The maximum absolute atomic E-state index is 13.0. The maximum atomic E-state index is 13.0. The second-order valence-corrected chi connectivity index (χ2v) is 4.52. The lowest BCUT2D eigenvalue weighted by Gasteiger charge is -2.09. The lowest BCUT2D eigenvalue weighted by molar-refractivity contribution is 0.0946. The van der Waals surface area contributed by atoms with E-state index in [9.17, 15) is 9.18 Å². The van der Waals surface area contributed by atoms with Gasteiger partial charge in [-0.1, -0.05) is 12.1 Å². The van der Waals surface area contributed by atoms with Gasteiger partial charge in [-0.3, -0.25) is 4.79 Å². The Morgan fingerprint density at radius 3 is 2.55 bits per heavy atom. The van der Waals surface area contributed by atoms with Crippen LogP contribution in [0.25, 0.3) is 0 Å². The molecule has 0 saturated carbocycles. The number of benzene rings is 2. The van der Waals surface area contributed by atoms with Gasteiger partial charge in [0.1, 0.15) is 23.9 Å². The van der Waals surface area contributed by atoms with Crippen molar-refractivity contribution in [3.63, 3.8) is 0 Å². The second-order valence-electron chi connectivity index (χ2n) is 4.52. The number of carbonyl (C=O) groups excluding carboxylic acids is 1. The first-order valence-corrected chi connectivity index (χ1v) is 7.08. The van der Waals surface area contributed by atoms with Crippen LogP contribution in [0.1, 0.15) is 17.3 Å². The van der Waals surface area contributed by atoms with Crippen molar-refractivity contribution in [3.05, 3.63) is 59.9 Å². The molecule has 0 aliphatic carbocycles. The summed E-state index contributed by atoms with van der Waals surface area (Å²) in [6.45, 7) is 3.15. The molecule has 0 saturated heterocycles. The van der Waals surface area contributed by atoms with Gasteiger partial charge < -0.3 is 14.8 Å². The van der Waals surface area contributed by atoms with Crippen LogP contribution in [0, 0.1) is 5.82 Å². The number of rotatable bonds is 7. The molecule has 0 radical (unpaired) electrons. The zero-order chi connectivity index (χ0) is 15.8. The molecular formula is C17H18FNO3. The van der Waals surface area contributed by atoms with Crippen molar-refractivity contribution in [2.24, 2.45) is 0 Å². The molecule has 1 N–H and O–H groups in total. The Labute approximate surface area is 128 Å². The molecule has 0 spiro atoms. The summed E-state index contributed by atoms with van der Waals surface area (Å²) in [4.78, 5) is 11.8. The number of hydrogen-bond donors (Lipinski definition) is 1. The van der Waals surface area contributed by atoms with Crippen LogP contribution in [0.15, 0.2) is 48.5 Å². The lowest BCUT2D eigenvalue weighted by atomic mass is 10.2. The molecular weight excluding hydrogens is 285 g/mol. The fourth-order valence-corrected chi connectivity index (χ4v) is 1.89. The highest BCUT2D eigenvalue weighted by molar-refractivity contribution is 5.94. The van der Waals surface area contributed by atoms with Gasteiger partial charge in [0, 0.05) is 11.6 Å². The number of ether oxygens (including phenoxy) is 2. The van der Waals surface area contributed by atoms with Crippen LogP contribution in [-0.2, 0) is 0 Å². The Bertz CT molecular complexity index is 631. The Morgan fingerprint density at radius 2 is 1.82 bits per heavy atom. The van der Waals surface area contributed by atoms with Crippen LogP contribution < -0.4 is 14.8 Å². The normalized spacial score (nSPS) is 10.1. The molecule has 0 heterocycles. The van der Waals surface area contributed by atoms with Gasteiger partial charge in [0.05, 0.1) is 13.2 Å². The van der Waals surface area contributed by atoms with Crippen LogP contribution >= 0.6 is 0 Å². The largest absolute Gasteiger partial charge is 0.494 e. The Morgan fingerprint density at radius 1 is 1.09 bits per heavy atom. The van der Waals surface area contributed by atoms with Crippen LogP contribution in [-0.4, -0.2) is 25.7 Å². The molecule has 0 aliphatic heterocycles. The van der Waals surface area contributed by atoms with Crippen LogP contribution in [0.2, 0.25) is 0 Å². The fraction of sp³-hybridized carbons (Fsp3) is 0.235. The van der Waals surface area contributed by atoms with E-state index in [4.69, 9.17) is 9.47 Å². The smallest absolute Gasteiger partial charge is 0.251 e. The molecule has 0 bridgehead atoms. The number of hydrogen-bond acceptors (Lipinski definition) is 3. The summed E-state index contributed by atoms with van der Waals surface area (Å²) in [6.07, 6.45) is 0. The molecule has 4 nitrogen and oxygen atoms in total. The third-order valence-electron chi connectivity index (χ3n) is 2.86. The van der Waals surface area contributed by atoms with Crippen LogP contribution in [0.5, 0.6) is 11.5 Å². The van der Waals surface area contributed by atoms with E-state index in [0.29, 0.717) is 31.1 Å². The number of halogens is 1. The van der Waals surface area contributed by atoms with Gasteiger partial charge >= 0.3 is 0 Å². The second kappa shape index (κ2) is 8.02. The monoisotopic (exact) mass is 303 g/mol. The Kier molecular flexibility index (Phi) is 5.77. The molecule has 0 atom stereocenters. The third-order valence-corrected chi connectivity index (χ3v) is 2.86. The molecule has 0 fully saturated rings. The van der Waals surface area contributed by atoms with Crippen molar-refractivity contribution in [3.8, 4) is 11.5 Å². The minimum absolute atomic E-state index is 0.290. The molecule has 22 heavy (non-hydrogen) atoms. The third kappa shape index (κ3) is 4.77. The summed E-state index contributed by atoms with van der Waals surface area (Å²) in [6, 6.07) is 12.8. The van der Waals surface area contributed by atoms with Gasteiger partial charge in [-0.05, 0) is 37.3 Å². The highest BCUT2D eigenvalue weighted by Gasteiger charge is 2.05. The summed E-state index contributed by atoms with van der Waals surface area (Å²) < 4.78 is 23.9. The molecule has 0 aromatic heterocycles. The first-order valence-electron chi connectivity index (χ1n) is 7.08. The minimum atomic E-state index is -0.434. The number of carbonyl (C=O) groups is 1. The zero-order valence-corrected chi connectivity index (χ0v) is 12.3. The predicted octanol–water partition coefficient (Wildman–Crippen LogP) is 3.03. The standard InChI is InChI=1S/C17H18FNO3/c1-2-21-15-7-4-8-16(12-15)22-10-9-19-17(20)13-5-3-6-14(18)11-13/h3-8,11-12H,2,9-10H2,1H3,(H,19,20). The van der Waals surface area contributed by atoms with E-state index in [1.165, 1.54) is 18.2 Å². The van der Waals surface area contributed by atoms with Crippen LogP contribution in [0.3, 0.4) is 0 Å². The maximum Gasteiger partial charge on any atom is 0.251 e. The Hall–Kier alpha value is -2.56. The van der Waals surface area contributed by atoms with Gasteiger partial charge in [0.25, 0.3) is 5.91 Å². The molecule has 2 aromatic rings. The first-order chi connectivity index (χ1) is 10.7. The van der Waals surface area contributed by atoms with Gasteiger partial charge in [0.15, 0.2) is 0 Å². The van der Waals surface area contributed by atoms with E-state index < -0.39 is 5.82 Å². The average molecular weight is 303 g/mol. The predicted molar refractivity (Wildman–Crippen MR) is 81.8 cm³/mol. The Balaban J connectivity index is 1.77. The summed E-state index contributed by atoms with van der Waals surface area (Å²) in [5.41, 5.74) is 0.290. The molecule has 0 unspecified atom stereocenters. The van der Waals surface area contributed by atoms with Crippen molar-refractivity contribution < 1.29 is 18.7 Å². The SMILES string of the molecule is CCOc1cccc(OCCNC(=O)c2cccc(F)c2)c1. The van der Waals surface area contributed by atoms with E-state index in [1.807, 2.05) is 25.1 Å². The lowest BCUT2D eigenvalue weighted by Crippen LogP contribution is -2.28. The van der Waals surface area contributed by atoms with E-state index in [2.05, 4.69) is 5.32 Å². The first kappa shape index (κ1) is 15.8. The van der Waals surface area contributed by atoms with Gasteiger partial charge in [-0.2, -0.15) is 0 Å². The highest BCUT2D eigenvalue weighted by atomic mass is 19.1. The average Bonchev–Trinajstić information content (AvgIpc) is 2.52. The molecule has 1 amide bonds. The van der Waals surface area contributed by atoms with Gasteiger partial charge in [-0.15, -0.1) is 0 Å². The summed E-state index contributed by atoms with van der Waals surface area (Å²) >= 11 is 0. The van der Waals surface area contributed by atoms with Gasteiger partial charge in [-0.25, -0.2) is 4.39 Å². The molecule has 2 rings (SSSR count). The van der Waals surface area contributed by atoms with Crippen molar-refractivity contribution in [1.29, 1.82) is 0 Å². The topological polar surface area (TPSA) is 47.6 Å². The molecule has 5 heteroatoms. The highest BCUT2D eigenvalue weighted by Crippen LogP contribution is 2.19. The van der Waals surface area contributed by atoms with Crippen molar-refractivity contribution >= 4 is 5.91 Å². The van der Waals surface area contributed by atoms with Crippen LogP contribution in [0.4, 0.5) is 4.39 Å².